The van der Waals surface area contributed by atoms with Gasteiger partial charge in [0.25, 0.3) is 0 Å². The van der Waals surface area contributed by atoms with Crippen molar-refractivity contribution in [3.05, 3.63) is 70.0 Å². The number of rotatable bonds is 2. The van der Waals surface area contributed by atoms with E-state index in [0.717, 1.165) is 34.2 Å². The van der Waals surface area contributed by atoms with Gasteiger partial charge in [0.2, 0.25) is 0 Å². The van der Waals surface area contributed by atoms with Crippen molar-refractivity contribution in [3.63, 3.8) is 0 Å². The molecule has 2 aromatic rings. The summed E-state index contributed by atoms with van der Waals surface area (Å²) in [5.74, 6) is -1.59. The molecule has 28 heavy (non-hydrogen) atoms. The van der Waals surface area contributed by atoms with Gasteiger partial charge in [0, 0.05) is 5.92 Å². The van der Waals surface area contributed by atoms with E-state index >= 15 is 0 Å². The summed E-state index contributed by atoms with van der Waals surface area (Å²) >= 11 is 0. The van der Waals surface area contributed by atoms with Gasteiger partial charge in [-0.15, -0.1) is 0 Å². The van der Waals surface area contributed by atoms with Crippen LogP contribution in [0.15, 0.2) is 36.4 Å². The first-order chi connectivity index (χ1) is 13.4. The van der Waals surface area contributed by atoms with Crippen molar-refractivity contribution in [1.82, 2.24) is 0 Å². The normalized spacial score (nSPS) is 33.6. The maximum absolute atomic E-state index is 13.4. The minimum Gasteiger partial charge on any atom is -0.373 e. The first-order valence-electron chi connectivity index (χ1n) is 9.93. The summed E-state index contributed by atoms with van der Waals surface area (Å²) in [4.78, 5) is 26.8. The Balaban J connectivity index is 1.51. The second-order valence-corrected chi connectivity index (χ2v) is 8.63. The van der Waals surface area contributed by atoms with E-state index in [1.807, 2.05) is 32.9 Å². The van der Waals surface area contributed by atoms with Crippen LogP contribution in [0.2, 0.25) is 0 Å². The Morgan fingerprint density at radius 1 is 0.929 bits per heavy atom. The van der Waals surface area contributed by atoms with E-state index in [1.165, 1.54) is 12.1 Å². The Morgan fingerprint density at radius 2 is 1.54 bits per heavy atom. The van der Waals surface area contributed by atoms with Crippen LogP contribution in [0.3, 0.4) is 0 Å². The molecule has 3 nitrogen and oxygen atoms in total. The lowest BCUT2D eigenvalue weighted by Gasteiger charge is -2.26. The third-order valence-electron chi connectivity index (χ3n) is 6.91. The summed E-state index contributed by atoms with van der Waals surface area (Å²) in [6.07, 6.45) is 0.222. The fourth-order valence-electron chi connectivity index (χ4n) is 5.93. The van der Waals surface area contributed by atoms with E-state index in [4.69, 9.17) is 4.74 Å². The number of fused-ring (bicyclic) bond motifs is 5. The molecule has 1 aliphatic carbocycles. The molecule has 3 aliphatic rings. The van der Waals surface area contributed by atoms with Crippen LogP contribution in [0.5, 0.6) is 0 Å². The molecule has 2 aliphatic heterocycles. The number of Topliss-reactive ketones (excluding diaryl/α,β-unsaturated/α-hetero) is 2. The van der Waals surface area contributed by atoms with Gasteiger partial charge in [-0.2, -0.15) is 0 Å². The first-order valence-corrected chi connectivity index (χ1v) is 9.93. The quantitative estimate of drug-likeness (QED) is 0.737. The van der Waals surface area contributed by atoms with Crippen molar-refractivity contribution in [2.75, 3.05) is 0 Å². The molecule has 3 fully saturated rings. The summed E-state index contributed by atoms with van der Waals surface area (Å²) in [5, 5.41) is 0. The fraction of sp³-hybridized carbons (Fsp3) is 0.417. The molecular formula is C24H23FO3. The highest BCUT2D eigenvalue weighted by Crippen LogP contribution is 2.57. The highest BCUT2D eigenvalue weighted by molar-refractivity contribution is 6.17. The van der Waals surface area contributed by atoms with Gasteiger partial charge in [-0.3, -0.25) is 9.59 Å². The molecule has 2 aromatic carbocycles. The zero-order valence-corrected chi connectivity index (χ0v) is 16.2. The van der Waals surface area contributed by atoms with Crippen LogP contribution in [-0.2, 0) is 14.3 Å². The molecule has 2 bridgehead atoms. The van der Waals surface area contributed by atoms with Crippen LogP contribution in [0.25, 0.3) is 0 Å². The van der Waals surface area contributed by atoms with Crippen LogP contribution >= 0.6 is 0 Å². The SMILES string of the molecule is Cc1cc(C)c(C2C(=O)[C@@H]3[C@@H]4O[C@@H](C[C@H]4c4ccc(F)cc4)[C@@H]3C2=O)c(C)c1. The Hall–Kier alpha value is -2.33. The Labute approximate surface area is 163 Å². The van der Waals surface area contributed by atoms with Gasteiger partial charge in [0.15, 0.2) is 11.6 Å². The van der Waals surface area contributed by atoms with Gasteiger partial charge in [0.1, 0.15) is 11.7 Å². The van der Waals surface area contributed by atoms with Crippen molar-refractivity contribution in [1.29, 1.82) is 0 Å². The van der Waals surface area contributed by atoms with Gasteiger partial charge in [-0.1, -0.05) is 29.8 Å². The van der Waals surface area contributed by atoms with Gasteiger partial charge in [-0.05, 0) is 61.6 Å². The number of carbonyl (C=O) groups excluding carboxylic acids is 2. The standard InChI is InChI=1S/C24H23FO3/c1-11-8-12(2)18(13(3)9-11)20-22(26)19-17-10-16(14-4-6-15(25)7-5-14)24(28-17)21(19)23(20)27/h4-9,16-17,19-21,24H,10H2,1-3H3/t16-,17-,19-,20?,21+,24+/m0/s1. The zero-order valence-electron chi connectivity index (χ0n) is 16.2. The number of benzene rings is 2. The van der Waals surface area contributed by atoms with E-state index in [0.29, 0.717) is 0 Å². The van der Waals surface area contributed by atoms with Crippen molar-refractivity contribution < 1.29 is 18.7 Å². The molecule has 0 N–H and O–H groups in total. The summed E-state index contributed by atoms with van der Waals surface area (Å²) in [6.45, 7) is 5.99. The zero-order chi connectivity index (χ0) is 19.7. The molecule has 0 spiro atoms. The van der Waals surface area contributed by atoms with Gasteiger partial charge in [-0.25, -0.2) is 4.39 Å². The van der Waals surface area contributed by atoms with Crippen molar-refractivity contribution in [3.8, 4) is 0 Å². The topological polar surface area (TPSA) is 43.4 Å². The molecule has 0 aromatic heterocycles. The maximum atomic E-state index is 13.4. The minimum atomic E-state index is -0.670. The van der Waals surface area contributed by atoms with E-state index in [-0.39, 0.29) is 47.3 Å². The lowest BCUT2D eigenvalue weighted by molar-refractivity contribution is -0.127. The van der Waals surface area contributed by atoms with E-state index in [1.54, 1.807) is 12.1 Å². The first kappa shape index (κ1) is 17.7. The average Bonchev–Trinajstić information content (AvgIpc) is 3.29. The van der Waals surface area contributed by atoms with Crippen molar-refractivity contribution in [2.45, 2.75) is 51.2 Å². The number of aryl methyl sites for hydroxylation is 3. The Morgan fingerprint density at radius 3 is 2.18 bits per heavy atom. The van der Waals surface area contributed by atoms with Crippen LogP contribution in [0.1, 0.15) is 46.1 Å². The second-order valence-electron chi connectivity index (χ2n) is 8.63. The molecule has 4 heteroatoms. The van der Waals surface area contributed by atoms with Gasteiger partial charge >= 0.3 is 0 Å². The highest BCUT2D eigenvalue weighted by atomic mass is 19.1. The van der Waals surface area contributed by atoms with Crippen LogP contribution in [0.4, 0.5) is 4.39 Å². The van der Waals surface area contributed by atoms with Gasteiger partial charge in [0.05, 0.1) is 24.0 Å². The highest BCUT2D eigenvalue weighted by Gasteiger charge is 2.66. The third kappa shape index (κ3) is 2.37. The molecule has 6 atom stereocenters. The second kappa shape index (κ2) is 6.08. The summed E-state index contributed by atoms with van der Waals surface area (Å²) in [6, 6.07) is 10.5. The van der Waals surface area contributed by atoms with Crippen LogP contribution in [0, 0.1) is 38.4 Å². The molecule has 0 amide bonds. The number of carbonyl (C=O) groups is 2. The fourth-order valence-corrected chi connectivity index (χ4v) is 5.93. The molecule has 5 rings (SSSR count). The summed E-state index contributed by atoms with van der Waals surface area (Å²) in [5.41, 5.74) is 5.02. The molecule has 1 saturated carbocycles. The smallest absolute Gasteiger partial charge is 0.154 e. The molecule has 1 unspecified atom stereocenters. The van der Waals surface area contributed by atoms with Crippen molar-refractivity contribution in [2.24, 2.45) is 11.8 Å². The average molecular weight is 378 g/mol. The monoisotopic (exact) mass is 378 g/mol. The van der Waals surface area contributed by atoms with E-state index in [9.17, 15) is 14.0 Å². The van der Waals surface area contributed by atoms with E-state index < -0.39 is 5.92 Å². The predicted octanol–water partition coefficient (Wildman–Crippen LogP) is 4.17. The van der Waals surface area contributed by atoms with Crippen LogP contribution in [-0.4, -0.2) is 23.8 Å². The molecule has 0 radical (unpaired) electrons. The predicted molar refractivity (Wildman–Crippen MR) is 103 cm³/mol. The number of ether oxygens (including phenoxy) is 1. The Kier molecular flexibility index (Phi) is 3.86. The number of hydrogen-bond acceptors (Lipinski definition) is 3. The minimum absolute atomic E-state index is 0.00404. The molecule has 2 saturated heterocycles. The van der Waals surface area contributed by atoms with Gasteiger partial charge < -0.3 is 4.74 Å². The number of ketones is 2. The number of hydrogen-bond donors (Lipinski definition) is 0. The van der Waals surface area contributed by atoms with E-state index in [2.05, 4.69) is 0 Å². The summed E-state index contributed by atoms with van der Waals surface area (Å²) < 4.78 is 19.4. The third-order valence-corrected chi connectivity index (χ3v) is 6.91. The molecule has 2 heterocycles. The van der Waals surface area contributed by atoms with Crippen LogP contribution < -0.4 is 0 Å². The Bertz CT molecular complexity index is 970. The van der Waals surface area contributed by atoms with Crippen molar-refractivity contribution >= 4 is 11.6 Å². The largest absolute Gasteiger partial charge is 0.373 e. The molecular weight excluding hydrogens is 355 g/mol. The lowest BCUT2D eigenvalue weighted by Crippen LogP contribution is -2.34. The lowest BCUT2D eigenvalue weighted by atomic mass is 9.73. The number of halogens is 1. The summed E-state index contributed by atoms with van der Waals surface area (Å²) in [7, 11) is 0. The molecule has 144 valence electrons. The maximum Gasteiger partial charge on any atom is 0.154 e.